The zero-order valence-electron chi connectivity index (χ0n) is 19.4. The minimum atomic E-state index is 0.218. The first-order valence-electron chi connectivity index (χ1n) is 12.5. The van der Waals surface area contributed by atoms with E-state index >= 15 is 0 Å². The number of para-hydroxylation sites is 1. The van der Waals surface area contributed by atoms with E-state index in [1.807, 2.05) is 0 Å². The summed E-state index contributed by atoms with van der Waals surface area (Å²) in [6, 6.07) is 27.4. The van der Waals surface area contributed by atoms with Crippen molar-refractivity contribution in [2.45, 2.75) is 38.7 Å². The fraction of sp³-hybridized carbons (Fsp3) is 0.355. The summed E-state index contributed by atoms with van der Waals surface area (Å²) in [6.07, 6.45) is 5.78. The lowest BCUT2D eigenvalue weighted by Gasteiger charge is -2.54. The summed E-state index contributed by atoms with van der Waals surface area (Å²) in [5, 5.41) is 0. The van der Waals surface area contributed by atoms with E-state index in [9.17, 15) is 0 Å². The molecular weight excluding hydrogens is 404 g/mol. The van der Waals surface area contributed by atoms with Crippen LogP contribution in [-0.2, 0) is 4.74 Å². The van der Waals surface area contributed by atoms with Crippen LogP contribution < -0.4 is 4.74 Å². The van der Waals surface area contributed by atoms with Crippen molar-refractivity contribution < 1.29 is 9.47 Å². The molecule has 0 amide bonds. The number of allylic oxidation sites excluding steroid dienone is 1. The van der Waals surface area contributed by atoms with Gasteiger partial charge in [-0.3, -0.25) is 0 Å². The lowest BCUT2D eigenvalue weighted by atomic mass is 9.51. The molecule has 0 N–H and O–H groups in total. The molecule has 168 valence electrons. The average Bonchev–Trinajstić information content (AvgIpc) is 2.87. The van der Waals surface area contributed by atoms with Gasteiger partial charge in [0.15, 0.2) is 0 Å². The molecule has 0 spiro atoms. The highest BCUT2D eigenvalue weighted by atomic mass is 16.5. The Bertz CT molecular complexity index is 1080. The van der Waals surface area contributed by atoms with Crippen LogP contribution in [0.5, 0.6) is 5.75 Å². The van der Waals surface area contributed by atoms with Gasteiger partial charge >= 0.3 is 0 Å². The van der Waals surface area contributed by atoms with Crippen molar-refractivity contribution in [2.24, 2.45) is 17.8 Å². The maximum Gasteiger partial charge on any atom is 0.135 e. The van der Waals surface area contributed by atoms with Crippen LogP contribution in [0.25, 0.3) is 22.3 Å². The first-order valence-corrected chi connectivity index (χ1v) is 12.5. The Morgan fingerprint density at radius 2 is 1.33 bits per heavy atom. The molecule has 3 aromatic carbocycles. The zero-order valence-corrected chi connectivity index (χ0v) is 19.4. The van der Waals surface area contributed by atoms with Crippen LogP contribution >= 0.6 is 0 Å². The third kappa shape index (κ3) is 3.91. The van der Waals surface area contributed by atoms with Crippen molar-refractivity contribution in [3.63, 3.8) is 0 Å². The quantitative estimate of drug-likeness (QED) is 0.268. The Balaban J connectivity index is 1.19. The third-order valence-corrected chi connectivity index (χ3v) is 7.94. The minimum absolute atomic E-state index is 0.218. The summed E-state index contributed by atoms with van der Waals surface area (Å²) in [4.78, 5) is 0. The SMILES string of the molecule is CC(OCCOc1c(-c2ccccc2)cccc1-c1ccccc1)C1=C2C3CC(C1)CC2C3. The molecule has 0 heterocycles. The second-order valence-electron chi connectivity index (χ2n) is 9.93. The third-order valence-electron chi connectivity index (χ3n) is 7.94. The Kier molecular flexibility index (Phi) is 5.55. The number of fused-ring (bicyclic) bond motifs is 1. The summed E-state index contributed by atoms with van der Waals surface area (Å²) < 4.78 is 12.8. The van der Waals surface area contributed by atoms with Crippen molar-refractivity contribution in [3.8, 4) is 28.0 Å². The molecular formula is C31H32O2. The van der Waals surface area contributed by atoms with Crippen LogP contribution in [0, 0.1) is 17.8 Å². The van der Waals surface area contributed by atoms with E-state index in [0.29, 0.717) is 13.2 Å². The molecule has 2 heteroatoms. The topological polar surface area (TPSA) is 18.5 Å². The van der Waals surface area contributed by atoms with Crippen LogP contribution in [0.3, 0.4) is 0 Å². The van der Waals surface area contributed by atoms with E-state index in [4.69, 9.17) is 9.47 Å². The molecule has 3 unspecified atom stereocenters. The van der Waals surface area contributed by atoms with E-state index in [2.05, 4.69) is 85.8 Å². The highest BCUT2D eigenvalue weighted by Gasteiger charge is 2.48. The Labute approximate surface area is 197 Å². The Morgan fingerprint density at radius 1 is 0.727 bits per heavy atom. The predicted molar refractivity (Wildman–Crippen MR) is 134 cm³/mol. The van der Waals surface area contributed by atoms with Gasteiger partial charge in [-0.15, -0.1) is 0 Å². The molecule has 5 aliphatic carbocycles. The van der Waals surface area contributed by atoms with E-state index < -0.39 is 0 Å². The number of hydrogen-bond donors (Lipinski definition) is 0. The molecule has 0 radical (unpaired) electrons. The molecule has 0 saturated heterocycles. The summed E-state index contributed by atoms with van der Waals surface area (Å²) >= 11 is 0. The van der Waals surface area contributed by atoms with E-state index in [1.54, 1.807) is 11.1 Å². The Morgan fingerprint density at radius 3 is 1.91 bits per heavy atom. The van der Waals surface area contributed by atoms with Gasteiger partial charge in [-0.1, -0.05) is 84.4 Å². The van der Waals surface area contributed by atoms with E-state index in [-0.39, 0.29) is 6.10 Å². The van der Waals surface area contributed by atoms with Gasteiger partial charge in [0.1, 0.15) is 12.4 Å². The number of ether oxygens (including phenoxy) is 2. The van der Waals surface area contributed by atoms with Gasteiger partial charge in [0, 0.05) is 11.1 Å². The van der Waals surface area contributed by atoms with Crippen molar-refractivity contribution in [1.82, 2.24) is 0 Å². The lowest BCUT2D eigenvalue weighted by molar-refractivity contribution is 0.0421. The molecule has 4 bridgehead atoms. The van der Waals surface area contributed by atoms with Crippen molar-refractivity contribution in [1.29, 1.82) is 0 Å². The Hall–Kier alpha value is -2.84. The second-order valence-corrected chi connectivity index (χ2v) is 9.93. The number of benzene rings is 3. The highest BCUT2D eigenvalue weighted by molar-refractivity contribution is 5.82. The van der Waals surface area contributed by atoms with Gasteiger partial charge in [-0.2, -0.15) is 0 Å². The van der Waals surface area contributed by atoms with Gasteiger partial charge < -0.3 is 9.47 Å². The average molecular weight is 437 g/mol. The largest absolute Gasteiger partial charge is 0.490 e. The molecule has 2 nitrogen and oxygen atoms in total. The maximum absolute atomic E-state index is 6.47. The maximum atomic E-state index is 6.47. The predicted octanol–water partition coefficient (Wildman–Crippen LogP) is 7.55. The van der Waals surface area contributed by atoms with Crippen molar-refractivity contribution >= 4 is 0 Å². The van der Waals surface area contributed by atoms with Gasteiger partial charge in [0.25, 0.3) is 0 Å². The molecule has 0 aromatic heterocycles. The molecule has 33 heavy (non-hydrogen) atoms. The van der Waals surface area contributed by atoms with Gasteiger partial charge in [0.05, 0.1) is 12.7 Å². The summed E-state index contributed by atoms with van der Waals surface area (Å²) in [6.45, 7) is 3.40. The molecule has 3 atom stereocenters. The molecule has 0 aliphatic heterocycles. The van der Waals surface area contributed by atoms with Gasteiger partial charge in [-0.05, 0) is 67.1 Å². The first kappa shape index (κ1) is 20.7. The zero-order chi connectivity index (χ0) is 22.2. The van der Waals surface area contributed by atoms with E-state index in [1.165, 1.54) is 36.8 Å². The first-order chi connectivity index (χ1) is 16.3. The normalized spacial score (nSPS) is 23.8. The van der Waals surface area contributed by atoms with E-state index in [0.717, 1.165) is 34.6 Å². The van der Waals surface area contributed by atoms with Crippen molar-refractivity contribution in [3.05, 3.63) is 90.0 Å². The van der Waals surface area contributed by atoms with Crippen LogP contribution in [0.4, 0.5) is 0 Å². The summed E-state index contributed by atoms with van der Waals surface area (Å²) in [5.41, 5.74) is 7.98. The second kappa shape index (κ2) is 8.83. The summed E-state index contributed by atoms with van der Waals surface area (Å²) in [7, 11) is 0. The molecule has 3 fully saturated rings. The fourth-order valence-corrected chi connectivity index (χ4v) is 6.49. The molecule has 3 saturated carbocycles. The van der Waals surface area contributed by atoms with Gasteiger partial charge in [0.2, 0.25) is 0 Å². The van der Waals surface area contributed by atoms with Crippen molar-refractivity contribution in [2.75, 3.05) is 13.2 Å². The molecule has 8 rings (SSSR count). The van der Waals surface area contributed by atoms with Gasteiger partial charge in [-0.25, -0.2) is 0 Å². The van der Waals surface area contributed by atoms with Crippen LogP contribution in [0.15, 0.2) is 90.0 Å². The molecule has 3 aromatic rings. The smallest absolute Gasteiger partial charge is 0.135 e. The fourth-order valence-electron chi connectivity index (χ4n) is 6.49. The van der Waals surface area contributed by atoms with Crippen LogP contribution in [0.2, 0.25) is 0 Å². The van der Waals surface area contributed by atoms with Crippen LogP contribution in [0.1, 0.15) is 32.6 Å². The molecule has 5 aliphatic rings. The summed E-state index contributed by atoms with van der Waals surface area (Å²) in [5.74, 6) is 3.61. The lowest BCUT2D eigenvalue weighted by Crippen LogP contribution is -2.44. The number of hydrogen-bond acceptors (Lipinski definition) is 2. The monoisotopic (exact) mass is 436 g/mol. The number of rotatable bonds is 8. The van der Waals surface area contributed by atoms with Crippen LogP contribution in [-0.4, -0.2) is 19.3 Å². The highest BCUT2D eigenvalue weighted by Crippen LogP contribution is 2.60. The minimum Gasteiger partial charge on any atom is -0.490 e. The standard InChI is InChI=1S/C31H32O2/c1-21(29-19-22-17-25-20-26(18-22)30(25)29)32-15-16-33-31-27(23-9-4-2-5-10-23)13-8-14-28(31)24-11-6-3-7-12-24/h2-14,21-22,25-26H,15-20H2,1H3.